The van der Waals surface area contributed by atoms with Gasteiger partial charge in [-0.3, -0.25) is 0 Å². The fourth-order valence-corrected chi connectivity index (χ4v) is 6.12. The highest BCUT2D eigenvalue weighted by molar-refractivity contribution is 9.09. The van der Waals surface area contributed by atoms with Gasteiger partial charge in [0.15, 0.2) is 0 Å². The van der Waals surface area contributed by atoms with Crippen LogP contribution in [0.25, 0.3) is 0 Å². The molecule has 0 aromatic carbocycles. The quantitative estimate of drug-likeness (QED) is 0.0473. The summed E-state index contributed by atoms with van der Waals surface area (Å²) in [5.41, 5.74) is 0. The number of halogens is 1. The van der Waals surface area contributed by atoms with Crippen LogP contribution in [0.4, 0.5) is 0 Å². The molecule has 0 heterocycles. The molecule has 0 saturated carbocycles. The first-order valence-corrected chi connectivity index (χ1v) is 20.9. The third-order valence-electron chi connectivity index (χ3n) is 8.71. The molecule has 0 aliphatic carbocycles. The summed E-state index contributed by atoms with van der Waals surface area (Å²) in [5, 5.41) is 0.784. The van der Waals surface area contributed by atoms with Crippen molar-refractivity contribution in [2.75, 3.05) is 51.6 Å². The molecular formula is C39H79BrO4. The third kappa shape index (κ3) is 38.5. The normalized spacial score (nSPS) is 12.3. The summed E-state index contributed by atoms with van der Waals surface area (Å²) in [6, 6.07) is 0. The molecule has 0 spiro atoms. The zero-order valence-corrected chi connectivity index (χ0v) is 31.6. The van der Waals surface area contributed by atoms with Crippen LogP contribution in [0.1, 0.15) is 194 Å². The Labute approximate surface area is 285 Å². The molecule has 0 amide bonds. The lowest BCUT2D eigenvalue weighted by molar-refractivity contribution is -0.0378. The molecular weight excluding hydrogens is 612 g/mol. The minimum absolute atomic E-state index is 0.0745. The van der Waals surface area contributed by atoms with Gasteiger partial charge in [-0.1, -0.05) is 197 Å². The summed E-state index contributed by atoms with van der Waals surface area (Å²) >= 11 is 3.55. The molecule has 0 radical (unpaired) electrons. The monoisotopic (exact) mass is 691 g/mol. The first-order chi connectivity index (χ1) is 21.8. The molecule has 0 aliphatic rings. The number of unbranched alkanes of at least 4 members (excludes halogenated alkanes) is 26. The Morgan fingerprint density at radius 1 is 0.341 bits per heavy atom. The Morgan fingerprint density at radius 3 is 0.977 bits per heavy atom. The molecule has 44 heavy (non-hydrogen) atoms. The number of hydrogen-bond acceptors (Lipinski definition) is 4. The van der Waals surface area contributed by atoms with Gasteiger partial charge in [-0.15, -0.1) is 0 Å². The molecule has 0 saturated heterocycles. The fraction of sp³-hybridized carbons (Fsp3) is 1.00. The maximum absolute atomic E-state index is 5.91. The van der Waals surface area contributed by atoms with Crippen molar-refractivity contribution in [3.63, 3.8) is 0 Å². The molecule has 0 aliphatic heterocycles. The predicted molar refractivity (Wildman–Crippen MR) is 197 cm³/mol. The SMILES string of the molecule is CCCCCCCCCCCCCCCCOCCOCC(CBr)OCCOCCCCCCCCCCCCCCCC. The topological polar surface area (TPSA) is 36.9 Å². The molecule has 0 aromatic rings. The standard InChI is InChI=1S/C39H79BrO4/c1-3-5-7-9-11-13-15-17-19-21-23-25-27-29-31-41-33-34-43-38-39(37-40)44-36-35-42-32-30-28-26-24-22-20-18-16-14-12-10-8-6-4-2/h39H,3-38H2,1-2H3. The van der Waals surface area contributed by atoms with E-state index < -0.39 is 0 Å². The highest BCUT2D eigenvalue weighted by Gasteiger charge is 2.07. The van der Waals surface area contributed by atoms with Gasteiger partial charge < -0.3 is 18.9 Å². The first-order valence-electron chi connectivity index (χ1n) is 19.8. The highest BCUT2D eigenvalue weighted by atomic mass is 79.9. The number of ether oxygens (including phenoxy) is 4. The highest BCUT2D eigenvalue weighted by Crippen LogP contribution is 2.14. The predicted octanol–water partition coefficient (Wildman–Crippen LogP) is 12.8. The summed E-state index contributed by atoms with van der Waals surface area (Å²) in [5.74, 6) is 0. The van der Waals surface area contributed by atoms with Gasteiger partial charge in [0, 0.05) is 18.5 Å². The van der Waals surface area contributed by atoms with Gasteiger partial charge >= 0.3 is 0 Å². The van der Waals surface area contributed by atoms with Crippen molar-refractivity contribution in [3.05, 3.63) is 0 Å². The molecule has 0 fully saturated rings. The lowest BCUT2D eigenvalue weighted by atomic mass is 10.0. The Balaban J connectivity index is 3.24. The summed E-state index contributed by atoms with van der Waals surface area (Å²) in [6.45, 7) is 9.52. The minimum atomic E-state index is 0.0745. The van der Waals surface area contributed by atoms with E-state index in [0.717, 1.165) is 18.5 Å². The Bertz CT molecular complexity index is 493. The van der Waals surface area contributed by atoms with Crippen molar-refractivity contribution in [2.45, 2.75) is 200 Å². The zero-order chi connectivity index (χ0) is 31.9. The van der Waals surface area contributed by atoms with Gasteiger partial charge in [0.2, 0.25) is 0 Å². The van der Waals surface area contributed by atoms with E-state index in [9.17, 15) is 0 Å². The van der Waals surface area contributed by atoms with Crippen LogP contribution in [0, 0.1) is 0 Å². The average Bonchev–Trinajstić information content (AvgIpc) is 3.04. The van der Waals surface area contributed by atoms with Crippen molar-refractivity contribution in [2.24, 2.45) is 0 Å². The Hall–Kier alpha value is 0.320. The van der Waals surface area contributed by atoms with Gasteiger partial charge in [0.05, 0.1) is 39.1 Å². The molecule has 0 rings (SSSR count). The van der Waals surface area contributed by atoms with E-state index in [0.29, 0.717) is 33.0 Å². The van der Waals surface area contributed by atoms with Crippen molar-refractivity contribution in [1.82, 2.24) is 0 Å². The van der Waals surface area contributed by atoms with Crippen LogP contribution in [-0.4, -0.2) is 57.7 Å². The van der Waals surface area contributed by atoms with Crippen molar-refractivity contribution in [1.29, 1.82) is 0 Å². The van der Waals surface area contributed by atoms with Gasteiger partial charge in [0.1, 0.15) is 0 Å². The van der Waals surface area contributed by atoms with Crippen LogP contribution in [0.2, 0.25) is 0 Å². The van der Waals surface area contributed by atoms with Crippen LogP contribution in [0.5, 0.6) is 0 Å². The molecule has 266 valence electrons. The zero-order valence-electron chi connectivity index (χ0n) is 30.0. The van der Waals surface area contributed by atoms with Gasteiger partial charge in [0.25, 0.3) is 0 Å². The van der Waals surface area contributed by atoms with E-state index >= 15 is 0 Å². The van der Waals surface area contributed by atoms with Crippen LogP contribution in [-0.2, 0) is 18.9 Å². The maximum Gasteiger partial charge on any atom is 0.0906 e. The van der Waals surface area contributed by atoms with Crippen molar-refractivity contribution in [3.8, 4) is 0 Å². The van der Waals surface area contributed by atoms with Crippen LogP contribution < -0.4 is 0 Å². The van der Waals surface area contributed by atoms with E-state index in [-0.39, 0.29) is 6.10 Å². The summed E-state index contributed by atoms with van der Waals surface area (Å²) in [6.07, 6.45) is 39.0. The van der Waals surface area contributed by atoms with Crippen LogP contribution >= 0.6 is 15.9 Å². The summed E-state index contributed by atoms with van der Waals surface area (Å²) in [7, 11) is 0. The second kappa shape index (κ2) is 41.3. The van der Waals surface area contributed by atoms with Crippen molar-refractivity contribution >= 4 is 15.9 Å². The smallest absolute Gasteiger partial charge is 0.0906 e. The first kappa shape index (κ1) is 44.3. The summed E-state index contributed by atoms with van der Waals surface area (Å²) in [4.78, 5) is 0. The van der Waals surface area contributed by atoms with Crippen LogP contribution in [0.15, 0.2) is 0 Å². The Morgan fingerprint density at radius 2 is 0.636 bits per heavy atom. The number of hydrogen-bond donors (Lipinski definition) is 0. The minimum Gasteiger partial charge on any atom is -0.379 e. The van der Waals surface area contributed by atoms with Gasteiger partial charge in [-0.25, -0.2) is 0 Å². The maximum atomic E-state index is 5.91. The van der Waals surface area contributed by atoms with E-state index in [2.05, 4.69) is 29.8 Å². The van der Waals surface area contributed by atoms with Gasteiger partial charge in [-0.05, 0) is 12.8 Å². The molecule has 1 atom stereocenters. The lowest BCUT2D eigenvalue weighted by Crippen LogP contribution is -2.24. The second-order valence-electron chi connectivity index (χ2n) is 13.1. The lowest BCUT2D eigenvalue weighted by Gasteiger charge is -2.16. The molecule has 5 heteroatoms. The number of rotatable bonds is 40. The van der Waals surface area contributed by atoms with Crippen molar-refractivity contribution < 1.29 is 18.9 Å². The Kier molecular flexibility index (Phi) is 41.6. The summed E-state index contributed by atoms with van der Waals surface area (Å²) < 4.78 is 23.2. The fourth-order valence-electron chi connectivity index (χ4n) is 5.74. The second-order valence-corrected chi connectivity index (χ2v) is 13.8. The number of alkyl halides is 1. The van der Waals surface area contributed by atoms with E-state index in [1.54, 1.807) is 0 Å². The molecule has 4 nitrogen and oxygen atoms in total. The van der Waals surface area contributed by atoms with Gasteiger partial charge in [-0.2, -0.15) is 0 Å². The molecule has 1 unspecified atom stereocenters. The molecule has 0 aromatic heterocycles. The largest absolute Gasteiger partial charge is 0.379 e. The van der Waals surface area contributed by atoms with E-state index in [1.807, 2.05) is 0 Å². The molecule has 0 N–H and O–H groups in total. The van der Waals surface area contributed by atoms with E-state index in [1.165, 1.54) is 180 Å². The van der Waals surface area contributed by atoms with E-state index in [4.69, 9.17) is 18.9 Å². The van der Waals surface area contributed by atoms with Crippen LogP contribution in [0.3, 0.4) is 0 Å². The molecule has 0 bridgehead atoms. The average molecular weight is 692 g/mol. The third-order valence-corrected chi connectivity index (χ3v) is 9.44.